The molecule has 5 heterocycles. The van der Waals surface area contributed by atoms with E-state index >= 15 is 0 Å². The summed E-state index contributed by atoms with van der Waals surface area (Å²) in [6.07, 6.45) is 3.17. The topological polar surface area (TPSA) is 92.1 Å². The van der Waals surface area contributed by atoms with Gasteiger partial charge in [-0.1, -0.05) is 6.07 Å². The molecule has 3 aromatic rings. The SMILES string of the molecule is CNCc1nc(N(C)C(C)C)cc2c1CN(c1cccc(-c3nnc4n3[C@H](C)CCC4)n1)C2=O. The quantitative estimate of drug-likeness (QED) is 0.603. The Morgan fingerprint density at radius 3 is 2.82 bits per heavy atom. The Hall–Kier alpha value is -3.33. The number of rotatable bonds is 6. The van der Waals surface area contributed by atoms with Gasteiger partial charge in [0.05, 0.1) is 17.8 Å². The lowest BCUT2D eigenvalue weighted by atomic mass is 10.1. The highest BCUT2D eigenvalue weighted by Crippen LogP contribution is 2.34. The molecular formula is C25H32N8O. The molecule has 5 rings (SSSR count). The summed E-state index contributed by atoms with van der Waals surface area (Å²) in [6.45, 7) is 7.47. The molecule has 0 saturated heterocycles. The third-order valence-electron chi connectivity index (χ3n) is 6.94. The highest BCUT2D eigenvalue weighted by molar-refractivity contribution is 6.10. The van der Waals surface area contributed by atoms with Gasteiger partial charge in [-0.15, -0.1) is 10.2 Å². The summed E-state index contributed by atoms with van der Waals surface area (Å²) >= 11 is 0. The molecule has 178 valence electrons. The van der Waals surface area contributed by atoms with Gasteiger partial charge in [-0.2, -0.15) is 0 Å². The van der Waals surface area contributed by atoms with E-state index in [0.29, 0.717) is 30.5 Å². The maximum atomic E-state index is 13.6. The fourth-order valence-corrected chi connectivity index (χ4v) is 4.81. The Labute approximate surface area is 200 Å². The molecule has 1 N–H and O–H groups in total. The van der Waals surface area contributed by atoms with Crippen molar-refractivity contribution < 1.29 is 4.79 Å². The number of fused-ring (bicyclic) bond motifs is 2. The van der Waals surface area contributed by atoms with Gasteiger partial charge in [0.25, 0.3) is 5.91 Å². The summed E-state index contributed by atoms with van der Waals surface area (Å²) < 4.78 is 2.19. The first-order chi connectivity index (χ1) is 16.4. The van der Waals surface area contributed by atoms with Crippen LogP contribution in [-0.4, -0.2) is 50.8 Å². The van der Waals surface area contributed by atoms with Crippen molar-refractivity contribution in [3.63, 3.8) is 0 Å². The molecule has 9 nitrogen and oxygen atoms in total. The van der Waals surface area contributed by atoms with Crippen molar-refractivity contribution in [3.05, 3.63) is 46.9 Å². The minimum Gasteiger partial charge on any atom is -0.357 e. The molecule has 2 aliphatic heterocycles. The zero-order valence-electron chi connectivity index (χ0n) is 20.5. The number of hydrogen-bond donors (Lipinski definition) is 1. The van der Waals surface area contributed by atoms with E-state index in [9.17, 15) is 4.79 Å². The molecule has 0 unspecified atom stereocenters. The van der Waals surface area contributed by atoms with E-state index in [0.717, 1.165) is 53.7 Å². The normalized spacial score (nSPS) is 17.3. The van der Waals surface area contributed by atoms with E-state index in [1.54, 1.807) is 4.90 Å². The molecular weight excluding hydrogens is 428 g/mol. The van der Waals surface area contributed by atoms with Crippen LogP contribution in [0, 0.1) is 0 Å². The number of hydrogen-bond acceptors (Lipinski definition) is 7. The van der Waals surface area contributed by atoms with E-state index in [2.05, 4.69) is 45.8 Å². The predicted octanol–water partition coefficient (Wildman–Crippen LogP) is 3.36. The molecule has 1 amide bonds. The van der Waals surface area contributed by atoms with Gasteiger partial charge in [-0.05, 0) is 58.9 Å². The van der Waals surface area contributed by atoms with Crippen LogP contribution in [0.15, 0.2) is 24.3 Å². The number of pyridine rings is 2. The minimum absolute atomic E-state index is 0.0468. The van der Waals surface area contributed by atoms with Crippen molar-refractivity contribution in [2.24, 2.45) is 0 Å². The highest BCUT2D eigenvalue weighted by Gasteiger charge is 2.33. The molecule has 2 aliphatic rings. The fraction of sp³-hybridized carbons (Fsp3) is 0.480. The summed E-state index contributed by atoms with van der Waals surface area (Å²) in [6, 6.07) is 8.29. The number of nitrogens with zero attached hydrogens (tertiary/aromatic N) is 7. The number of anilines is 2. The second kappa shape index (κ2) is 8.79. The van der Waals surface area contributed by atoms with Gasteiger partial charge in [-0.25, -0.2) is 9.97 Å². The van der Waals surface area contributed by atoms with Gasteiger partial charge in [-0.3, -0.25) is 9.69 Å². The maximum absolute atomic E-state index is 13.6. The third kappa shape index (κ3) is 3.73. The first-order valence-corrected chi connectivity index (χ1v) is 12.0. The Morgan fingerprint density at radius 2 is 2.06 bits per heavy atom. The number of amides is 1. The summed E-state index contributed by atoms with van der Waals surface area (Å²) in [5.41, 5.74) is 3.29. The fourth-order valence-electron chi connectivity index (χ4n) is 4.81. The Balaban J connectivity index is 1.51. The van der Waals surface area contributed by atoms with Crippen LogP contribution in [0.4, 0.5) is 11.6 Å². The van der Waals surface area contributed by atoms with Crippen molar-refractivity contribution in [1.82, 2.24) is 30.0 Å². The number of aryl methyl sites for hydroxylation is 1. The summed E-state index contributed by atoms with van der Waals surface area (Å²) in [4.78, 5) is 27.1. The van der Waals surface area contributed by atoms with Crippen molar-refractivity contribution >= 4 is 17.5 Å². The lowest BCUT2D eigenvalue weighted by Gasteiger charge is -2.24. The maximum Gasteiger partial charge on any atom is 0.260 e. The smallest absolute Gasteiger partial charge is 0.260 e. The van der Waals surface area contributed by atoms with Crippen LogP contribution in [-0.2, 0) is 19.5 Å². The Bertz CT molecular complexity index is 1230. The number of aromatic nitrogens is 5. The zero-order valence-corrected chi connectivity index (χ0v) is 20.5. The van der Waals surface area contributed by atoms with Gasteiger partial charge in [0, 0.05) is 37.7 Å². The molecule has 34 heavy (non-hydrogen) atoms. The largest absolute Gasteiger partial charge is 0.357 e. The van der Waals surface area contributed by atoms with Crippen LogP contribution in [0.2, 0.25) is 0 Å². The first kappa shape index (κ1) is 22.5. The van der Waals surface area contributed by atoms with Gasteiger partial charge >= 0.3 is 0 Å². The van der Waals surface area contributed by atoms with Crippen LogP contribution < -0.4 is 15.1 Å². The first-order valence-electron chi connectivity index (χ1n) is 12.0. The van der Waals surface area contributed by atoms with Gasteiger partial charge in [0.2, 0.25) is 0 Å². The number of carbonyl (C=O) groups is 1. The Kier molecular flexibility index (Phi) is 5.81. The lowest BCUT2D eigenvalue weighted by molar-refractivity contribution is 0.0996. The second-order valence-corrected chi connectivity index (χ2v) is 9.51. The van der Waals surface area contributed by atoms with E-state index in [1.165, 1.54) is 0 Å². The Morgan fingerprint density at radius 1 is 1.24 bits per heavy atom. The van der Waals surface area contributed by atoms with Crippen molar-refractivity contribution in [2.45, 2.75) is 65.2 Å². The monoisotopic (exact) mass is 460 g/mol. The second-order valence-electron chi connectivity index (χ2n) is 9.51. The van der Waals surface area contributed by atoms with Crippen LogP contribution in [0.25, 0.3) is 11.5 Å². The molecule has 0 bridgehead atoms. The standard InChI is InChI=1S/C25H32N8O/c1-15(2)31(5)23-12-17-18(20(28-23)13-26-4)14-32(25(17)34)21-10-7-9-19(27-21)24-30-29-22-11-6-8-16(3)33(22)24/h7,9-10,12,15-16,26H,6,8,11,13-14H2,1-5H3/t16-/m1/s1. The van der Waals surface area contributed by atoms with Crippen LogP contribution in [0.3, 0.4) is 0 Å². The van der Waals surface area contributed by atoms with Crippen LogP contribution in [0.1, 0.15) is 67.1 Å². The number of nitrogens with one attached hydrogen (secondary N) is 1. The molecule has 0 saturated carbocycles. The van der Waals surface area contributed by atoms with Gasteiger partial charge in [0.1, 0.15) is 23.2 Å². The van der Waals surface area contributed by atoms with Crippen LogP contribution in [0.5, 0.6) is 0 Å². The predicted molar refractivity (Wildman–Crippen MR) is 132 cm³/mol. The summed E-state index contributed by atoms with van der Waals surface area (Å²) in [5.74, 6) is 3.16. The molecule has 0 radical (unpaired) electrons. The lowest BCUT2D eigenvalue weighted by Crippen LogP contribution is -2.27. The third-order valence-corrected chi connectivity index (χ3v) is 6.94. The average molecular weight is 461 g/mol. The number of carbonyl (C=O) groups excluding carboxylic acids is 1. The van der Waals surface area contributed by atoms with Crippen molar-refractivity contribution in [2.75, 3.05) is 23.9 Å². The molecule has 0 spiro atoms. The zero-order chi connectivity index (χ0) is 24.0. The minimum atomic E-state index is -0.0468. The van der Waals surface area contributed by atoms with Gasteiger partial charge < -0.3 is 14.8 Å². The molecule has 0 aliphatic carbocycles. The summed E-state index contributed by atoms with van der Waals surface area (Å²) in [7, 11) is 3.90. The van der Waals surface area contributed by atoms with Crippen molar-refractivity contribution in [3.8, 4) is 11.5 Å². The molecule has 0 aromatic carbocycles. The van der Waals surface area contributed by atoms with Gasteiger partial charge in [0.15, 0.2) is 5.82 Å². The van der Waals surface area contributed by atoms with E-state index < -0.39 is 0 Å². The van der Waals surface area contributed by atoms with E-state index in [4.69, 9.17) is 9.97 Å². The average Bonchev–Trinajstić information content (AvgIpc) is 3.41. The highest BCUT2D eigenvalue weighted by atomic mass is 16.2. The molecule has 0 fully saturated rings. The van der Waals surface area contributed by atoms with E-state index in [-0.39, 0.29) is 11.9 Å². The van der Waals surface area contributed by atoms with Crippen LogP contribution >= 0.6 is 0 Å². The van der Waals surface area contributed by atoms with Crippen molar-refractivity contribution in [1.29, 1.82) is 0 Å². The molecule has 9 heteroatoms. The van der Waals surface area contributed by atoms with E-state index in [1.807, 2.05) is 38.4 Å². The summed E-state index contributed by atoms with van der Waals surface area (Å²) in [5, 5.41) is 12.1. The molecule has 3 aromatic heterocycles. The molecule has 1 atom stereocenters.